The first kappa shape index (κ1) is 42.4. The molecule has 15 rings (SSSR count). The number of benzene rings is 3. The third-order valence-electron chi connectivity index (χ3n) is 19.7. The quantitative estimate of drug-likeness (QED) is 0.358. The second kappa shape index (κ2) is 14.4. The van der Waals surface area contributed by atoms with E-state index >= 15 is 0 Å². The molecule has 3 aromatic carbocycles. The zero-order valence-corrected chi connectivity index (χ0v) is 39.5. The minimum absolute atomic E-state index is 0.0438. The van der Waals surface area contributed by atoms with Gasteiger partial charge >= 0.3 is 0 Å². The topological polar surface area (TPSA) is 140 Å². The average molecular weight is 914 g/mol. The Kier molecular flexibility index (Phi) is 9.15. The minimum Gasteiger partial charge on any atom is -0.493 e. The zero-order chi connectivity index (χ0) is 46.1. The number of rotatable bonds is 3. The minimum atomic E-state index is -0.900. The van der Waals surface area contributed by atoms with Gasteiger partial charge in [0.25, 0.3) is 0 Å². The van der Waals surface area contributed by atoms with Crippen molar-refractivity contribution in [1.29, 1.82) is 0 Å². The van der Waals surface area contributed by atoms with Gasteiger partial charge in [-0.3, -0.25) is 9.59 Å². The van der Waals surface area contributed by atoms with Gasteiger partial charge in [-0.05, 0) is 133 Å². The van der Waals surface area contributed by atoms with Crippen LogP contribution < -0.4 is 28.4 Å². The van der Waals surface area contributed by atoms with E-state index in [9.17, 15) is 19.8 Å². The highest BCUT2D eigenvalue weighted by atomic mass is 16.5. The lowest BCUT2D eigenvalue weighted by Crippen LogP contribution is -2.76. The Balaban J connectivity index is 0.0000000998. The van der Waals surface area contributed by atoms with Crippen LogP contribution in [0.15, 0.2) is 48.6 Å². The van der Waals surface area contributed by atoms with Crippen LogP contribution in [0.5, 0.6) is 34.5 Å². The molecule has 13 atom stereocenters. The van der Waals surface area contributed by atoms with Crippen LogP contribution in [0.2, 0.25) is 0 Å². The van der Waals surface area contributed by atoms with Gasteiger partial charge in [0.2, 0.25) is 0 Å². The van der Waals surface area contributed by atoms with Crippen molar-refractivity contribution >= 4 is 11.6 Å². The number of Topliss-reactive ketones (excluding diaryl/α,β-unsaturated/α-hetero) is 2. The Labute approximate surface area is 392 Å². The molecule has 354 valence electrons. The molecular weight excluding hydrogens is 851 g/mol. The van der Waals surface area contributed by atoms with E-state index in [0.29, 0.717) is 54.7 Å². The van der Waals surface area contributed by atoms with Crippen LogP contribution in [0.3, 0.4) is 0 Å². The molecule has 3 spiro atoms. The molecule has 0 radical (unpaired) electrons. The van der Waals surface area contributed by atoms with Gasteiger partial charge in [-0.25, -0.2) is 0 Å². The molecule has 6 bridgehead atoms. The van der Waals surface area contributed by atoms with E-state index < -0.39 is 23.2 Å². The Bertz CT molecular complexity index is 2660. The molecule has 2 N–H and O–H groups in total. The summed E-state index contributed by atoms with van der Waals surface area (Å²) >= 11 is 0. The normalized spacial score (nSPS) is 40.0. The summed E-state index contributed by atoms with van der Waals surface area (Å²) in [5.41, 5.74) is 5.91. The number of hydrogen-bond acceptors (Lipinski definition) is 13. The van der Waals surface area contributed by atoms with Crippen molar-refractivity contribution in [3.8, 4) is 34.5 Å². The average Bonchev–Trinajstić information content (AvgIpc) is 4.00. The molecule has 2 saturated carbocycles. The van der Waals surface area contributed by atoms with Gasteiger partial charge in [0.05, 0.1) is 32.3 Å². The fourth-order valence-corrected chi connectivity index (χ4v) is 16.7. The molecule has 13 heteroatoms. The van der Waals surface area contributed by atoms with Gasteiger partial charge in [0.15, 0.2) is 58.3 Å². The second-order valence-electron chi connectivity index (χ2n) is 21.8. The van der Waals surface area contributed by atoms with Crippen LogP contribution >= 0.6 is 0 Å². The molecule has 6 aliphatic heterocycles. The van der Waals surface area contributed by atoms with Crippen molar-refractivity contribution in [2.75, 3.05) is 62.1 Å². The Morgan fingerprint density at radius 3 is 1.85 bits per heavy atom. The molecule has 67 heavy (non-hydrogen) atoms. The molecule has 12 aliphatic rings. The van der Waals surface area contributed by atoms with Gasteiger partial charge in [0, 0.05) is 64.4 Å². The number of carbonyl (C=O) groups is 2. The number of nitrogens with zero attached hydrogens (tertiary/aromatic N) is 3. The first-order chi connectivity index (χ1) is 32.4. The molecule has 0 amide bonds. The van der Waals surface area contributed by atoms with Gasteiger partial charge in [-0.15, -0.1) is 0 Å². The highest BCUT2D eigenvalue weighted by Gasteiger charge is 2.73. The number of ketones is 2. The van der Waals surface area contributed by atoms with Crippen molar-refractivity contribution in [2.45, 2.75) is 129 Å². The zero-order valence-electron chi connectivity index (χ0n) is 39.5. The number of methoxy groups -OCH3 is 3. The molecule has 6 aliphatic carbocycles. The van der Waals surface area contributed by atoms with E-state index in [1.807, 2.05) is 24.3 Å². The third kappa shape index (κ3) is 5.12. The highest BCUT2D eigenvalue weighted by Crippen LogP contribution is 2.66. The summed E-state index contributed by atoms with van der Waals surface area (Å²) in [6.45, 7) is 2.97. The summed E-state index contributed by atoms with van der Waals surface area (Å²) < 4.78 is 35.2. The van der Waals surface area contributed by atoms with E-state index in [-0.39, 0.29) is 40.6 Å². The number of likely N-dealkylation sites (N-methyl/N-ethyl adjacent to an activating group) is 3. The first-order valence-corrected chi connectivity index (χ1v) is 24.7. The summed E-state index contributed by atoms with van der Waals surface area (Å²) in [6, 6.07) is 13.5. The SMILES string of the molecule is COc1ccc2c3c1O[C@H]1C(=O)CC[C@@]4(O)[C@@H](C2)N(C)CC[C@]314.COc1ccc2c3c1O[C@H]1C(=O)CC[C@H]4[C@@H](C2)N(C)CC[C@]314.COc1ccc2c3c1O[C@H]1[C@@H](O)C=C[C@H]4[C@@H](C2)N(C)CC[C@@]341. The number of hydrogen-bond donors (Lipinski definition) is 2. The van der Waals surface area contributed by atoms with Crippen LogP contribution in [0, 0.1) is 11.8 Å². The van der Waals surface area contributed by atoms with Gasteiger partial charge in [-0.2, -0.15) is 0 Å². The summed E-state index contributed by atoms with van der Waals surface area (Å²) in [4.78, 5) is 32.5. The lowest BCUT2D eigenvalue weighted by Gasteiger charge is -2.62. The Hall–Kier alpha value is -4.66. The molecule has 5 fully saturated rings. The summed E-state index contributed by atoms with van der Waals surface area (Å²) in [7, 11) is 11.5. The van der Waals surface area contributed by atoms with Crippen LogP contribution in [0.1, 0.15) is 78.3 Å². The van der Waals surface area contributed by atoms with Crippen LogP contribution in [-0.2, 0) is 45.1 Å². The number of likely N-dealkylation sites (tertiary alicyclic amines) is 3. The van der Waals surface area contributed by atoms with Gasteiger partial charge in [0.1, 0.15) is 12.2 Å². The van der Waals surface area contributed by atoms with Crippen molar-refractivity contribution in [3.05, 3.63) is 81.9 Å². The van der Waals surface area contributed by atoms with Gasteiger partial charge < -0.3 is 53.3 Å². The number of aliphatic hydroxyl groups is 2. The van der Waals surface area contributed by atoms with Crippen LogP contribution in [0.4, 0.5) is 0 Å². The fourth-order valence-electron chi connectivity index (χ4n) is 16.7. The van der Waals surface area contributed by atoms with E-state index in [1.54, 1.807) is 21.3 Å². The number of carbonyl (C=O) groups excluding carboxylic acids is 2. The van der Waals surface area contributed by atoms with Crippen molar-refractivity contribution < 1.29 is 48.2 Å². The van der Waals surface area contributed by atoms with E-state index in [2.05, 4.69) is 60.1 Å². The Morgan fingerprint density at radius 1 is 0.612 bits per heavy atom. The van der Waals surface area contributed by atoms with E-state index in [1.165, 1.54) is 27.8 Å². The highest BCUT2D eigenvalue weighted by molar-refractivity contribution is 5.90. The summed E-state index contributed by atoms with van der Waals surface area (Å²) in [5.74, 6) is 6.02. The van der Waals surface area contributed by atoms with Crippen molar-refractivity contribution in [2.24, 2.45) is 11.8 Å². The molecule has 3 saturated heterocycles. The summed E-state index contributed by atoms with van der Waals surface area (Å²) in [5, 5.41) is 22.3. The second-order valence-corrected chi connectivity index (χ2v) is 21.8. The molecule has 0 aromatic heterocycles. The maximum absolute atomic E-state index is 12.7. The number of aliphatic hydroxyl groups excluding tert-OH is 1. The fraction of sp³-hybridized carbons (Fsp3) is 0.593. The van der Waals surface area contributed by atoms with Crippen molar-refractivity contribution in [1.82, 2.24) is 14.7 Å². The molecule has 3 aromatic rings. The largest absolute Gasteiger partial charge is 0.493 e. The standard InChI is InChI=1S/C18H21NO4.2C18H21NO3/c1-19-8-7-17-14-10-3-4-12(22-2)15(14)23-16(17)11(20)5-6-18(17,21)13(19)9-10;2*1-19-8-7-18-11-4-5-13(20)17(18)22-16-14(21-2)6-3-10(15(16)18)9-12(11)19/h3-4,13,16,21H,5-9H2,1-2H3;3,6,11-12,17H,4-5,7-9H2,1-2H3;3-6,11-13,17,20H,7-9H2,1-2H3/t13-,16+,17+,18-;11-,12+,17-,18-;11-,12+,13-,17-,18-/m100/s1. The predicted octanol–water partition coefficient (Wildman–Crippen LogP) is 4.48. The summed E-state index contributed by atoms with van der Waals surface area (Å²) in [6.07, 6.45) is 10.9. The molecule has 0 unspecified atom stereocenters. The lowest BCUT2D eigenvalue weighted by atomic mass is 9.49. The van der Waals surface area contributed by atoms with Crippen LogP contribution in [0.25, 0.3) is 0 Å². The molecular formula is C54H63N3O10. The van der Waals surface area contributed by atoms with E-state index in [0.717, 1.165) is 93.1 Å². The third-order valence-corrected chi connectivity index (χ3v) is 19.7. The maximum Gasteiger partial charge on any atom is 0.174 e. The molecule has 13 nitrogen and oxygen atoms in total. The molecule has 6 heterocycles. The predicted molar refractivity (Wildman–Crippen MR) is 247 cm³/mol. The van der Waals surface area contributed by atoms with Crippen molar-refractivity contribution in [3.63, 3.8) is 0 Å². The number of ether oxygens (including phenoxy) is 6. The number of piperidine rings is 3. The Morgan fingerprint density at radius 2 is 1.16 bits per heavy atom. The smallest absolute Gasteiger partial charge is 0.174 e. The first-order valence-electron chi connectivity index (χ1n) is 24.7. The van der Waals surface area contributed by atoms with Crippen LogP contribution in [-0.4, -0.2) is 147 Å². The maximum atomic E-state index is 12.7. The monoisotopic (exact) mass is 913 g/mol. The lowest BCUT2D eigenvalue weighted by molar-refractivity contribution is -0.185. The van der Waals surface area contributed by atoms with E-state index in [4.69, 9.17) is 28.4 Å². The van der Waals surface area contributed by atoms with Gasteiger partial charge in [-0.1, -0.05) is 30.4 Å².